The molecule has 2 aliphatic rings. The zero-order valence-electron chi connectivity index (χ0n) is 31.7. The summed E-state index contributed by atoms with van der Waals surface area (Å²) in [5.41, 5.74) is 17.6. The average Bonchev–Trinajstić information content (AvgIpc) is 3.57. The summed E-state index contributed by atoms with van der Waals surface area (Å²) in [6, 6.07) is 32.2. The molecule has 2 aliphatic carbocycles. The van der Waals surface area contributed by atoms with Crippen molar-refractivity contribution in [3.8, 4) is 22.3 Å². The second-order valence-corrected chi connectivity index (χ2v) is 60.1. The van der Waals surface area contributed by atoms with Crippen molar-refractivity contribution in [2.45, 2.75) is 100 Å². The molecule has 0 bridgehead atoms. The van der Waals surface area contributed by atoms with Gasteiger partial charge in [-0.3, -0.25) is 0 Å². The number of allylic oxidation sites excluding steroid dienone is 3. The van der Waals surface area contributed by atoms with Gasteiger partial charge >= 0.3 is 308 Å². The Labute approximate surface area is 305 Å². The molecule has 4 heteroatoms. The van der Waals surface area contributed by atoms with Crippen molar-refractivity contribution in [3.63, 3.8) is 0 Å². The van der Waals surface area contributed by atoms with Crippen molar-refractivity contribution in [2.24, 2.45) is 5.92 Å². The van der Waals surface area contributed by atoms with Crippen LogP contribution in [0.25, 0.3) is 33.9 Å². The van der Waals surface area contributed by atoms with Gasteiger partial charge in [0.15, 0.2) is 0 Å². The number of benzene rings is 4. The molecule has 0 saturated heterocycles. The van der Waals surface area contributed by atoms with Crippen molar-refractivity contribution in [1.29, 1.82) is 0 Å². The monoisotopic (exact) mass is 783 g/mol. The molecule has 0 aliphatic heterocycles. The van der Waals surface area contributed by atoms with Crippen LogP contribution in [-0.2, 0) is 26.4 Å². The van der Waals surface area contributed by atoms with Crippen molar-refractivity contribution in [3.05, 3.63) is 129 Å². The van der Waals surface area contributed by atoms with Gasteiger partial charge in [-0.1, -0.05) is 0 Å². The van der Waals surface area contributed by atoms with Crippen molar-refractivity contribution < 1.29 is 15.6 Å². The third-order valence-corrected chi connectivity index (χ3v) is 63.8. The van der Waals surface area contributed by atoms with E-state index >= 15 is 0 Å². The fraction of sp³-hybridized carbons (Fsp3) is 0.378. The minimum absolute atomic E-state index is 0.0769. The molecule has 0 fully saturated rings. The van der Waals surface area contributed by atoms with E-state index in [1.807, 2.05) is 0 Å². The number of halogens is 2. The van der Waals surface area contributed by atoms with Crippen LogP contribution in [0.2, 0.25) is 13.1 Å². The van der Waals surface area contributed by atoms with Crippen molar-refractivity contribution in [1.82, 2.24) is 0 Å². The molecule has 0 radical (unpaired) electrons. The van der Waals surface area contributed by atoms with Crippen LogP contribution in [0, 0.1) is 5.92 Å². The average molecular weight is 786 g/mol. The molecule has 0 aromatic heterocycles. The van der Waals surface area contributed by atoms with E-state index in [0.717, 1.165) is 0 Å². The summed E-state index contributed by atoms with van der Waals surface area (Å²) in [6.07, 6.45) is 2.49. The van der Waals surface area contributed by atoms with E-state index < -0.39 is 21.5 Å². The fourth-order valence-corrected chi connectivity index (χ4v) is 41.0. The first-order valence-electron chi connectivity index (χ1n) is 18.2. The summed E-state index contributed by atoms with van der Waals surface area (Å²) < 4.78 is 0.154. The fourth-order valence-electron chi connectivity index (χ4n) is 8.75. The van der Waals surface area contributed by atoms with E-state index in [0.29, 0.717) is 5.92 Å². The van der Waals surface area contributed by atoms with Crippen LogP contribution in [0.1, 0.15) is 110 Å². The molecule has 49 heavy (non-hydrogen) atoms. The van der Waals surface area contributed by atoms with E-state index in [-0.39, 0.29) is 18.1 Å². The van der Waals surface area contributed by atoms with Crippen LogP contribution in [0.5, 0.6) is 0 Å². The summed E-state index contributed by atoms with van der Waals surface area (Å²) in [5, 5.41) is 0. The van der Waals surface area contributed by atoms with E-state index in [1.165, 1.54) is 72.4 Å². The Balaban J connectivity index is 1.54. The van der Waals surface area contributed by atoms with Crippen molar-refractivity contribution in [2.75, 3.05) is 0 Å². The minimum atomic E-state index is -4.86. The van der Waals surface area contributed by atoms with Crippen LogP contribution in [0.4, 0.5) is 0 Å². The van der Waals surface area contributed by atoms with Gasteiger partial charge < -0.3 is 0 Å². The van der Waals surface area contributed by atoms with Crippen LogP contribution in [-0.4, -0.2) is 5.92 Å². The van der Waals surface area contributed by atoms with Gasteiger partial charge in [0.1, 0.15) is 0 Å². The summed E-state index contributed by atoms with van der Waals surface area (Å²) in [5.74, 6) is -1.31. The van der Waals surface area contributed by atoms with Crippen LogP contribution >= 0.6 is 17.0 Å². The Hall–Kier alpha value is -1.96. The maximum atomic E-state index is 8.70. The van der Waals surface area contributed by atoms with Gasteiger partial charge in [-0.25, -0.2) is 0 Å². The molecule has 0 amide bonds. The van der Waals surface area contributed by atoms with E-state index in [2.05, 4.69) is 173 Å². The number of fused-ring (bicyclic) bond motifs is 2. The quantitative estimate of drug-likeness (QED) is 0.171. The third-order valence-electron chi connectivity index (χ3n) is 11.9. The molecular formula is C45H55Cl2SiZr. The zero-order valence-corrected chi connectivity index (χ0v) is 36.9. The number of hydrogen-bond donors (Lipinski definition) is 0. The summed E-state index contributed by atoms with van der Waals surface area (Å²) in [6.45, 7) is 27.9. The van der Waals surface area contributed by atoms with Gasteiger partial charge in [-0.2, -0.15) is 0 Å². The van der Waals surface area contributed by atoms with Gasteiger partial charge in [0.25, 0.3) is 0 Å². The predicted octanol–water partition coefficient (Wildman–Crippen LogP) is 14.2. The Bertz CT molecular complexity index is 1980. The topological polar surface area (TPSA) is 0 Å². The second-order valence-electron chi connectivity index (χ2n) is 17.6. The molecule has 0 saturated carbocycles. The summed E-state index contributed by atoms with van der Waals surface area (Å²) in [7, 11) is 17.4. The summed E-state index contributed by atoms with van der Waals surface area (Å²) >= 11 is -4.86. The molecule has 4 aromatic carbocycles. The first-order valence-corrected chi connectivity index (χ1v) is 34.5. The Morgan fingerprint density at radius 3 is 1.57 bits per heavy atom. The van der Waals surface area contributed by atoms with Gasteiger partial charge in [-0.05, 0) is 0 Å². The molecule has 6 rings (SSSR count). The van der Waals surface area contributed by atoms with Gasteiger partial charge in [0, 0.05) is 0 Å². The standard InChI is InChI=1S/C22H25.C21H23.C2H7Si.2ClH.Zr/c1-15(2)18-13-17-7-6-8-20(21(17)14-18)16-9-11-19(12-10-16)22(3,4)5;1-14-13-17-7-6-8-19(20(17)15(14)2)16-9-11-18(12-10-16)21(3,4)5;1-3-2;;;/h6-15H,1-5H3;6-13H,1-5H3;3H,1-2H3;2*1H;/q;;;;;+2/p-2. The molecule has 4 aromatic rings. The summed E-state index contributed by atoms with van der Waals surface area (Å²) in [4.78, 5) is 0. The van der Waals surface area contributed by atoms with E-state index in [9.17, 15) is 0 Å². The predicted molar refractivity (Wildman–Crippen MR) is 218 cm³/mol. The molecule has 2 unspecified atom stereocenters. The second kappa shape index (κ2) is 12.6. The molecule has 2 atom stereocenters. The Kier molecular flexibility index (Phi) is 9.48. The molecule has 0 spiro atoms. The first-order chi connectivity index (χ1) is 22.8. The van der Waals surface area contributed by atoms with E-state index in [4.69, 9.17) is 17.0 Å². The van der Waals surface area contributed by atoms with E-state index in [1.54, 1.807) is 0 Å². The maximum absolute atomic E-state index is 8.70. The normalized spacial score (nSPS) is 18.9. The van der Waals surface area contributed by atoms with Crippen molar-refractivity contribution >= 4 is 34.6 Å². The van der Waals surface area contributed by atoms with Gasteiger partial charge in [0.05, 0.1) is 0 Å². The van der Waals surface area contributed by atoms with Crippen LogP contribution < -0.4 is 0 Å². The first kappa shape index (κ1) is 36.8. The number of hydrogen-bond acceptors (Lipinski definition) is 0. The van der Waals surface area contributed by atoms with Crippen LogP contribution in [0.3, 0.4) is 0 Å². The van der Waals surface area contributed by atoms with Gasteiger partial charge in [-0.15, -0.1) is 0 Å². The zero-order chi connectivity index (χ0) is 35.9. The van der Waals surface area contributed by atoms with Gasteiger partial charge in [0.2, 0.25) is 0 Å². The molecule has 0 nitrogen and oxygen atoms in total. The molecule has 257 valence electrons. The number of rotatable bonds is 6. The Morgan fingerprint density at radius 2 is 1.10 bits per heavy atom. The Morgan fingerprint density at radius 1 is 0.633 bits per heavy atom. The SMILES string of the molecule is CC1=C(C)[CH]([Zr]([Cl])([Cl])([CH]2C(C(C)C)=Cc3c(-c4ccc(C(C)(C)C)cc4)cccc32)[SiH](C)C)c2cccc(-c3ccc(C(C)(C)C)cc3)c21. The third kappa shape index (κ3) is 6.00. The molecule has 0 N–H and O–H groups in total. The molecule has 0 heterocycles. The molecular weight excluding hydrogens is 731 g/mol. The van der Waals surface area contributed by atoms with Crippen LogP contribution in [0.15, 0.2) is 96.1 Å².